The molecular formula is C19H37N3O2. The summed E-state index contributed by atoms with van der Waals surface area (Å²) in [4.78, 5) is 20.1. The lowest BCUT2D eigenvalue weighted by atomic mass is 10.1. The second kappa shape index (κ2) is 8.63. The fraction of sp³-hybridized carbons (Fsp3) is 0.947. The van der Waals surface area contributed by atoms with E-state index in [2.05, 4.69) is 28.7 Å². The van der Waals surface area contributed by atoms with Crippen LogP contribution < -0.4 is 0 Å². The van der Waals surface area contributed by atoms with E-state index in [1.807, 2.05) is 20.8 Å². The first kappa shape index (κ1) is 19.7. The van der Waals surface area contributed by atoms with Crippen molar-refractivity contribution in [3.05, 3.63) is 0 Å². The van der Waals surface area contributed by atoms with Gasteiger partial charge in [0, 0.05) is 38.8 Å². The van der Waals surface area contributed by atoms with Crippen molar-refractivity contribution in [2.45, 2.75) is 71.1 Å². The van der Waals surface area contributed by atoms with Crippen LogP contribution in [0.1, 0.15) is 53.4 Å². The molecule has 2 rings (SSSR count). The van der Waals surface area contributed by atoms with Crippen molar-refractivity contribution in [3.63, 3.8) is 0 Å². The Labute approximate surface area is 148 Å². The van der Waals surface area contributed by atoms with Crippen LogP contribution in [0.3, 0.4) is 0 Å². The molecule has 0 unspecified atom stereocenters. The summed E-state index contributed by atoms with van der Waals surface area (Å²) < 4.78 is 5.68. The van der Waals surface area contributed by atoms with Crippen molar-refractivity contribution in [3.8, 4) is 0 Å². The van der Waals surface area contributed by atoms with Gasteiger partial charge in [-0.15, -0.1) is 0 Å². The third kappa shape index (κ3) is 5.71. The van der Waals surface area contributed by atoms with Gasteiger partial charge in [-0.3, -0.25) is 14.6 Å². The smallest absolute Gasteiger partial charge is 0.323 e. The first-order valence-electron chi connectivity index (χ1n) is 9.69. The highest BCUT2D eigenvalue weighted by molar-refractivity contribution is 5.76. The number of likely N-dealkylation sites (N-methyl/N-ethyl adjacent to an activating group) is 1. The number of hydrogen-bond acceptors (Lipinski definition) is 5. The molecular weight excluding hydrogens is 302 g/mol. The Morgan fingerprint density at radius 2 is 1.79 bits per heavy atom. The highest BCUT2D eigenvalue weighted by atomic mass is 16.6. The lowest BCUT2D eigenvalue weighted by Gasteiger charge is -2.40. The van der Waals surface area contributed by atoms with Gasteiger partial charge < -0.3 is 9.64 Å². The molecule has 140 valence electrons. The van der Waals surface area contributed by atoms with Gasteiger partial charge in [-0.1, -0.05) is 13.3 Å². The third-order valence-electron chi connectivity index (χ3n) is 5.24. The van der Waals surface area contributed by atoms with Crippen molar-refractivity contribution < 1.29 is 9.53 Å². The zero-order valence-electron chi connectivity index (χ0n) is 16.4. The molecule has 2 saturated heterocycles. The Balaban J connectivity index is 2.00. The molecule has 0 bridgehead atoms. The first-order valence-corrected chi connectivity index (χ1v) is 9.69. The summed E-state index contributed by atoms with van der Waals surface area (Å²) in [6.45, 7) is 14.6. The van der Waals surface area contributed by atoms with Gasteiger partial charge in [0.05, 0.1) is 0 Å². The number of nitrogens with zero attached hydrogens (tertiary/aromatic N) is 3. The molecule has 2 atom stereocenters. The SMILES string of the molecule is CC[C@@H](C(=O)OC(C)(C)C)N1CCCC[C@@H](N2CCN(C)CC2)C1. The summed E-state index contributed by atoms with van der Waals surface area (Å²) in [5.74, 6) is -0.0518. The monoisotopic (exact) mass is 339 g/mol. The van der Waals surface area contributed by atoms with E-state index in [4.69, 9.17) is 4.74 Å². The van der Waals surface area contributed by atoms with Crippen LogP contribution in [0, 0.1) is 0 Å². The van der Waals surface area contributed by atoms with E-state index in [9.17, 15) is 4.79 Å². The predicted molar refractivity (Wildman–Crippen MR) is 98.2 cm³/mol. The lowest BCUT2D eigenvalue weighted by Crippen LogP contribution is -2.54. The van der Waals surface area contributed by atoms with Gasteiger partial charge in [0.2, 0.25) is 0 Å². The fourth-order valence-corrected chi connectivity index (χ4v) is 3.86. The standard InChI is InChI=1S/C19H37N3O2/c1-6-17(18(23)24-19(2,3)4)22-10-8-7-9-16(15-22)21-13-11-20(5)12-14-21/h16-17H,6-15H2,1-5H3/t16-,17+/m1/s1. The van der Waals surface area contributed by atoms with Gasteiger partial charge in [0.15, 0.2) is 0 Å². The van der Waals surface area contributed by atoms with E-state index < -0.39 is 5.60 Å². The minimum Gasteiger partial charge on any atom is -0.459 e. The van der Waals surface area contributed by atoms with Crippen LogP contribution in [0.2, 0.25) is 0 Å². The molecule has 0 radical (unpaired) electrons. The van der Waals surface area contributed by atoms with Crippen molar-refractivity contribution in [1.29, 1.82) is 0 Å². The van der Waals surface area contributed by atoms with E-state index in [-0.39, 0.29) is 12.0 Å². The zero-order valence-corrected chi connectivity index (χ0v) is 16.4. The van der Waals surface area contributed by atoms with Crippen LogP contribution in [0.5, 0.6) is 0 Å². The second-order valence-electron chi connectivity index (χ2n) is 8.44. The Hall–Kier alpha value is -0.650. The van der Waals surface area contributed by atoms with Crippen LogP contribution >= 0.6 is 0 Å². The molecule has 0 aliphatic carbocycles. The predicted octanol–water partition coefficient (Wildman–Crippen LogP) is 2.21. The molecule has 24 heavy (non-hydrogen) atoms. The summed E-state index contributed by atoms with van der Waals surface area (Å²) in [6.07, 6.45) is 4.52. The molecule has 0 aromatic carbocycles. The van der Waals surface area contributed by atoms with E-state index >= 15 is 0 Å². The van der Waals surface area contributed by atoms with Gasteiger partial charge >= 0.3 is 5.97 Å². The van der Waals surface area contributed by atoms with Crippen LogP contribution in [0.4, 0.5) is 0 Å². The maximum atomic E-state index is 12.6. The molecule has 0 saturated carbocycles. The largest absolute Gasteiger partial charge is 0.459 e. The first-order chi connectivity index (χ1) is 11.3. The van der Waals surface area contributed by atoms with Crippen LogP contribution in [0.25, 0.3) is 0 Å². The van der Waals surface area contributed by atoms with Crippen LogP contribution in [0.15, 0.2) is 0 Å². The Kier molecular flexibility index (Phi) is 7.08. The van der Waals surface area contributed by atoms with Crippen molar-refractivity contribution in [2.24, 2.45) is 0 Å². The number of ether oxygens (including phenoxy) is 1. The summed E-state index contributed by atoms with van der Waals surface area (Å²) in [6, 6.07) is 0.481. The lowest BCUT2D eigenvalue weighted by molar-refractivity contribution is -0.161. The normalized spacial score (nSPS) is 26.8. The fourth-order valence-electron chi connectivity index (χ4n) is 3.86. The minimum absolute atomic E-state index is 0.0518. The number of hydrogen-bond donors (Lipinski definition) is 0. The topological polar surface area (TPSA) is 36.0 Å². The molecule has 2 fully saturated rings. The molecule has 0 N–H and O–H groups in total. The number of piperazine rings is 1. The van der Waals surface area contributed by atoms with Gasteiger partial charge in [-0.05, 0) is 53.6 Å². The highest BCUT2D eigenvalue weighted by Gasteiger charge is 2.33. The number of carbonyl (C=O) groups excluding carboxylic acids is 1. The minimum atomic E-state index is -0.410. The molecule has 0 aromatic rings. The average molecular weight is 340 g/mol. The summed E-state index contributed by atoms with van der Waals surface area (Å²) in [7, 11) is 2.20. The van der Waals surface area contributed by atoms with E-state index in [0.29, 0.717) is 6.04 Å². The summed E-state index contributed by atoms with van der Waals surface area (Å²) in [5.41, 5.74) is -0.410. The van der Waals surface area contributed by atoms with Crippen molar-refractivity contribution in [1.82, 2.24) is 14.7 Å². The maximum absolute atomic E-state index is 12.6. The Bertz CT molecular complexity index is 400. The van der Waals surface area contributed by atoms with Gasteiger partial charge in [-0.2, -0.15) is 0 Å². The number of esters is 1. The van der Waals surface area contributed by atoms with E-state index in [1.54, 1.807) is 0 Å². The molecule has 2 aliphatic rings. The number of likely N-dealkylation sites (tertiary alicyclic amines) is 1. The van der Waals surface area contributed by atoms with Crippen molar-refractivity contribution in [2.75, 3.05) is 46.3 Å². The van der Waals surface area contributed by atoms with Gasteiger partial charge in [0.25, 0.3) is 0 Å². The van der Waals surface area contributed by atoms with Crippen molar-refractivity contribution >= 4 is 5.97 Å². The van der Waals surface area contributed by atoms with Gasteiger partial charge in [0.1, 0.15) is 11.6 Å². The average Bonchev–Trinajstić information content (AvgIpc) is 2.73. The summed E-state index contributed by atoms with van der Waals surface area (Å²) >= 11 is 0. The molecule has 0 spiro atoms. The Morgan fingerprint density at radius 3 is 2.38 bits per heavy atom. The molecule has 5 heteroatoms. The van der Waals surface area contributed by atoms with Crippen LogP contribution in [-0.4, -0.2) is 84.7 Å². The van der Waals surface area contributed by atoms with Gasteiger partial charge in [-0.25, -0.2) is 0 Å². The quantitative estimate of drug-likeness (QED) is 0.734. The molecule has 2 aliphatic heterocycles. The second-order valence-corrected chi connectivity index (χ2v) is 8.44. The Morgan fingerprint density at radius 1 is 1.12 bits per heavy atom. The molecule has 5 nitrogen and oxygen atoms in total. The van der Waals surface area contributed by atoms with Crippen LogP contribution in [-0.2, 0) is 9.53 Å². The third-order valence-corrected chi connectivity index (χ3v) is 5.24. The van der Waals surface area contributed by atoms with E-state index in [0.717, 1.165) is 45.7 Å². The number of rotatable bonds is 4. The number of carbonyl (C=O) groups is 1. The molecule has 0 aromatic heterocycles. The molecule has 0 amide bonds. The molecule has 2 heterocycles. The highest BCUT2D eigenvalue weighted by Crippen LogP contribution is 2.22. The maximum Gasteiger partial charge on any atom is 0.323 e. The zero-order chi connectivity index (χ0) is 17.7. The van der Waals surface area contributed by atoms with E-state index in [1.165, 1.54) is 19.3 Å². The summed E-state index contributed by atoms with van der Waals surface area (Å²) in [5, 5.41) is 0.